The Bertz CT molecular complexity index is 556. The van der Waals surface area contributed by atoms with Crippen molar-refractivity contribution in [2.75, 3.05) is 26.2 Å². The Hall–Kier alpha value is -0.740. The van der Waals surface area contributed by atoms with Crippen molar-refractivity contribution in [3.05, 3.63) is 10.7 Å². The Morgan fingerprint density at radius 1 is 1.12 bits per heavy atom. The molecular weight excluding hydrogens is 334 g/mol. The number of nitrogens with zero attached hydrogens (tertiary/aromatic N) is 3. The lowest BCUT2D eigenvalue weighted by atomic mass is 9.75. The van der Waals surface area contributed by atoms with Crippen LogP contribution in [-0.2, 0) is 13.0 Å². The van der Waals surface area contributed by atoms with Gasteiger partial charge in [-0.25, -0.2) is 0 Å². The van der Waals surface area contributed by atoms with E-state index < -0.39 is 0 Å². The molecule has 0 atom stereocenters. The van der Waals surface area contributed by atoms with E-state index in [1.54, 1.807) is 0 Å². The van der Waals surface area contributed by atoms with Gasteiger partial charge in [-0.1, -0.05) is 32.4 Å². The number of fused-ring (bicyclic) bond motifs is 1. The zero-order chi connectivity index (χ0) is 17.9. The summed E-state index contributed by atoms with van der Waals surface area (Å²) in [4.78, 5) is 2.62. The maximum atomic E-state index is 6.41. The summed E-state index contributed by atoms with van der Waals surface area (Å²) >= 11 is 6.41. The molecule has 0 amide bonds. The largest absolute Gasteiger partial charge is 0.476 e. The van der Waals surface area contributed by atoms with Crippen LogP contribution >= 0.6 is 11.6 Å². The van der Waals surface area contributed by atoms with E-state index in [1.165, 1.54) is 51.7 Å². The summed E-state index contributed by atoms with van der Waals surface area (Å²) in [7, 11) is 0. The zero-order valence-corrected chi connectivity index (χ0v) is 16.9. The number of aromatic nitrogens is 2. The standard InChI is InChI=1S/C20H34ClN3O/c1-20(2,3)16-9-13-23(14-10-16)11-6-7-15-25-19-18(21)17-8-4-5-12-24(17)22-19/h16H,4-15H2,1-3H3. The maximum Gasteiger partial charge on any atom is 0.252 e. The van der Waals surface area contributed by atoms with Crippen LogP contribution in [0.3, 0.4) is 0 Å². The molecule has 2 aliphatic heterocycles. The first-order valence-corrected chi connectivity index (χ1v) is 10.4. The lowest BCUT2D eigenvalue weighted by Gasteiger charge is -2.38. The number of unbranched alkanes of at least 4 members (excludes halogenated alkanes) is 1. The molecule has 0 spiro atoms. The minimum Gasteiger partial charge on any atom is -0.476 e. The molecule has 0 N–H and O–H groups in total. The molecule has 0 bridgehead atoms. The first-order chi connectivity index (χ1) is 11.9. The van der Waals surface area contributed by atoms with E-state index in [0.29, 0.717) is 17.9 Å². The minimum atomic E-state index is 0.461. The van der Waals surface area contributed by atoms with Crippen LogP contribution in [-0.4, -0.2) is 40.9 Å². The average molecular weight is 368 g/mol. The molecule has 0 saturated carbocycles. The second-order valence-corrected chi connectivity index (χ2v) is 9.16. The number of hydrogen-bond acceptors (Lipinski definition) is 3. The van der Waals surface area contributed by atoms with Gasteiger partial charge in [-0.3, -0.25) is 4.68 Å². The fourth-order valence-electron chi connectivity index (χ4n) is 4.15. The van der Waals surface area contributed by atoms with Crippen LogP contribution < -0.4 is 4.74 Å². The number of aryl methyl sites for hydroxylation is 1. The normalized spacial score (nSPS) is 19.8. The molecule has 142 valence electrons. The molecule has 3 heterocycles. The Morgan fingerprint density at radius 2 is 1.88 bits per heavy atom. The highest BCUT2D eigenvalue weighted by Gasteiger charge is 2.28. The van der Waals surface area contributed by atoms with Gasteiger partial charge in [0.1, 0.15) is 5.02 Å². The molecule has 1 saturated heterocycles. The fraction of sp³-hybridized carbons (Fsp3) is 0.850. The summed E-state index contributed by atoms with van der Waals surface area (Å²) in [6.45, 7) is 12.5. The van der Waals surface area contributed by atoms with Gasteiger partial charge in [-0.15, -0.1) is 5.10 Å². The molecule has 5 heteroatoms. The molecular formula is C20H34ClN3O. The predicted octanol–water partition coefficient (Wildman–Crippen LogP) is 4.79. The van der Waals surface area contributed by atoms with Gasteiger partial charge in [0.05, 0.1) is 12.3 Å². The average Bonchev–Trinajstić information content (AvgIpc) is 2.91. The lowest BCUT2D eigenvalue weighted by molar-refractivity contribution is 0.110. The first-order valence-electron chi connectivity index (χ1n) is 10.1. The predicted molar refractivity (Wildman–Crippen MR) is 104 cm³/mol. The van der Waals surface area contributed by atoms with E-state index >= 15 is 0 Å². The Morgan fingerprint density at radius 3 is 2.56 bits per heavy atom. The van der Waals surface area contributed by atoms with Gasteiger partial charge in [0.15, 0.2) is 0 Å². The second kappa shape index (κ2) is 8.30. The number of halogens is 1. The van der Waals surface area contributed by atoms with Gasteiger partial charge in [-0.2, -0.15) is 0 Å². The van der Waals surface area contributed by atoms with Crippen molar-refractivity contribution in [3.8, 4) is 5.88 Å². The summed E-state index contributed by atoms with van der Waals surface area (Å²) in [6.07, 6.45) is 8.36. The number of likely N-dealkylation sites (tertiary alicyclic amines) is 1. The van der Waals surface area contributed by atoms with Crippen molar-refractivity contribution in [1.82, 2.24) is 14.7 Å². The minimum absolute atomic E-state index is 0.461. The fourth-order valence-corrected chi connectivity index (χ4v) is 4.43. The van der Waals surface area contributed by atoms with E-state index in [1.807, 2.05) is 4.68 Å². The zero-order valence-electron chi connectivity index (χ0n) is 16.2. The topological polar surface area (TPSA) is 30.3 Å². The van der Waals surface area contributed by atoms with Crippen LogP contribution in [0.5, 0.6) is 5.88 Å². The quantitative estimate of drug-likeness (QED) is 0.677. The van der Waals surface area contributed by atoms with Crippen LogP contribution in [0.25, 0.3) is 0 Å². The van der Waals surface area contributed by atoms with E-state index in [4.69, 9.17) is 16.3 Å². The van der Waals surface area contributed by atoms with E-state index in [0.717, 1.165) is 36.0 Å². The van der Waals surface area contributed by atoms with Gasteiger partial charge in [0, 0.05) is 6.54 Å². The van der Waals surface area contributed by atoms with E-state index in [-0.39, 0.29) is 0 Å². The van der Waals surface area contributed by atoms with Gasteiger partial charge < -0.3 is 9.64 Å². The third-order valence-electron chi connectivity index (χ3n) is 5.92. The maximum absolute atomic E-state index is 6.41. The Kier molecular flexibility index (Phi) is 6.32. The van der Waals surface area contributed by atoms with Crippen molar-refractivity contribution in [2.45, 2.75) is 72.3 Å². The second-order valence-electron chi connectivity index (χ2n) is 8.78. The number of ether oxygens (including phenoxy) is 1. The van der Waals surface area contributed by atoms with Crippen molar-refractivity contribution >= 4 is 11.6 Å². The van der Waals surface area contributed by atoms with Crippen LogP contribution in [0, 0.1) is 11.3 Å². The monoisotopic (exact) mass is 367 g/mol. The summed E-state index contributed by atoms with van der Waals surface area (Å²) in [5.41, 5.74) is 1.62. The first kappa shape index (κ1) is 19.0. The highest BCUT2D eigenvalue weighted by Crippen LogP contribution is 2.34. The van der Waals surface area contributed by atoms with E-state index in [9.17, 15) is 0 Å². The molecule has 0 unspecified atom stereocenters. The summed E-state index contributed by atoms with van der Waals surface area (Å²) in [6, 6.07) is 0. The molecule has 0 radical (unpaired) electrons. The van der Waals surface area contributed by atoms with Crippen molar-refractivity contribution < 1.29 is 4.74 Å². The molecule has 0 aliphatic carbocycles. The van der Waals surface area contributed by atoms with Crippen LogP contribution in [0.1, 0.15) is 65.0 Å². The highest BCUT2D eigenvalue weighted by molar-refractivity contribution is 6.32. The third kappa shape index (κ3) is 4.91. The van der Waals surface area contributed by atoms with Crippen molar-refractivity contribution in [1.29, 1.82) is 0 Å². The molecule has 1 aromatic heterocycles. The third-order valence-corrected chi connectivity index (χ3v) is 6.30. The molecule has 1 fully saturated rings. The van der Waals surface area contributed by atoms with E-state index in [2.05, 4.69) is 30.8 Å². The highest BCUT2D eigenvalue weighted by atomic mass is 35.5. The molecule has 0 aromatic carbocycles. The Balaban J connectivity index is 1.33. The smallest absolute Gasteiger partial charge is 0.252 e. The molecule has 25 heavy (non-hydrogen) atoms. The van der Waals surface area contributed by atoms with Crippen LogP contribution in [0.15, 0.2) is 0 Å². The number of hydrogen-bond donors (Lipinski definition) is 0. The lowest BCUT2D eigenvalue weighted by Crippen LogP contribution is -2.38. The van der Waals surface area contributed by atoms with Crippen LogP contribution in [0.4, 0.5) is 0 Å². The summed E-state index contributed by atoms with van der Waals surface area (Å²) < 4.78 is 7.89. The van der Waals surface area contributed by atoms with Crippen molar-refractivity contribution in [2.24, 2.45) is 11.3 Å². The summed E-state index contributed by atoms with van der Waals surface area (Å²) in [5.74, 6) is 1.52. The molecule has 1 aromatic rings. The van der Waals surface area contributed by atoms with Gasteiger partial charge in [-0.05, 0) is 75.9 Å². The molecule has 3 rings (SSSR count). The molecule has 4 nitrogen and oxygen atoms in total. The van der Waals surface area contributed by atoms with Gasteiger partial charge >= 0.3 is 0 Å². The van der Waals surface area contributed by atoms with Crippen molar-refractivity contribution in [3.63, 3.8) is 0 Å². The molecule has 2 aliphatic rings. The SMILES string of the molecule is CC(C)(C)C1CCN(CCCCOc2nn3c(c2Cl)CCCC3)CC1. The summed E-state index contributed by atoms with van der Waals surface area (Å²) in [5, 5.41) is 5.26. The van der Waals surface area contributed by atoms with Gasteiger partial charge in [0.25, 0.3) is 5.88 Å². The van der Waals surface area contributed by atoms with Crippen LogP contribution in [0.2, 0.25) is 5.02 Å². The number of piperidine rings is 1. The number of rotatable bonds is 6. The Labute approximate surface area is 157 Å². The van der Waals surface area contributed by atoms with Gasteiger partial charge in [0.2, 0.25) is 0 Å².